The molecule has 1 aliphatic rings. The summed E-state index contributed by atoms with van der Waals surface area (Å²) in [6.07, 6.45) is 6.85. The number of hydrogen-bond donors (Lipinski definition) is 2. The summed E-state index contributed by atoms with van der Waals surface area (Å²) in [6, 6.07) is 3.53. The molecule has 0 saturated heterocycles. The Bertz CT molecular complexity index is 425. The second kappa shape index (κ2) is 5.85. The zero-order valence-electron chi connectivity index (χ0n) is 10.9. The van der Waals surface area contributed by atoms with Crippen molar-refractivity contribution >= 4 is 17.4 Å². The first kappa shape index (κ1) is 12.9. The van der Waals surface area contributed by atoms with E-state index >= 15 is 0 Å². The van der Waals surface area contributed by atoms with Crippen molar-refractivity contribution in [1.29, 1.82) is 0 Å². The van der Waals surface area contributed by atoms with Crippen LogP contribution in [-0.2, 0) is 4.79 Å². The molecular formula is C14H21N3O. The molecule has 4 nitrogen and oxygen atoms in total. The molecule has 98 valence electrons. The van der Waals surface area contributed by atoms with Crippen LogP contribution in [0.25, 0.3) is 0 Å². The second-order valence-electron chi connectivity index (χ2n) is 5.13. The number of nitrogens with two attached hydrogens (primary N) is 1. The lowest BCUT2D eigenvalue weighted by atomic mass is 9.87. The molecule has 1 heterocycles. The van der Waals surface area contributed by atoms with Gasteiger partial charge in [-0.3, -0.25) is 4.79 Å². The molecule has 1 amide bonds. The number of aromatic nitrogens is 1. The van der Waals surface area contributed by atoms with Crippen molar-refractivity contribution in [3.8, 4) is 0 Å². The molecular weight excluding hydrogens is 226 g/mol. The van der Waals surface area contributed by atoms with Gasteiger partial charge in [0.15, 0.2) is 0 Å². The van der Waals surface area contributed by atoms with Crippen LogP contribution in [-0.4, -0.2) is 10.9 Å². The van der Waals surface area contributed by atoms with Crippen molar-refractivity contribution in [2.75, 3.05) is 11.1 Å². The van der Waals surface area contributed by atoms with Crippen LogP contribution in [0.4, 0.5) is 11.5 Å². The minimum Gasteiger partial charge on any atom is -0.384 e. The van der Waals surface area contributed by atoms with Crippen LogP contribution in [0.15, 0.2) is 12.1 Å². The van der Waals surface area contributed by atoms with E-state index < -0.39 is 0 Å². The Morgan fingerprint density at radius 3 is 2.78 bits per heavy atom. The molecule has 1 saturated carbocycles. The van der Waals surface area contributed by atoms with Crippen molar-refractivity contribution in [3.05, 3.63) is 17.8 Å². The molecule has 0 atom stereocenters. The smallest absolute Gasteiger partial charge is 0.224 e. The third-order valence-corrected chi connectivity index (χ3v) is 3.58. The lowest BCUT2D eigenvalue weighted by Gasteiger charge is -2.21. The molecule has 0 spiro atoms. The van der Waals surface area contributed by atoms with E-state index in [1.54, 1.807) is 6.07 Å². The van der Waals surface area contributed by atoms with Gasteiger partial charge in [-0.05, 0) is 37.8 Å². The van der Waals surface area contributed by atoms with Crippen LogP contribution in [0.2, 0.25) is 0 Å². The van der Waals surface area contributed by atoms with Gasteiger partial charge in [-0.2, -0.15) is 0 Å². The molecule has 1 fully saturated rings. The third kappa shape index (κ3) is 3.45. The fraction of sp³-hybridized carbons (Fsp3) is 0.571. The highest BCUT2D eigenvalue weighted by atomic mass is 16.1. The van der Waals surface area contributed by atoms with Crippen molar-refractivity contribution in [1.82, 2.24) is 4.98 Å². The zero-order chi connectivity index (χ0) is 13.0. The maximum atomic E-state index is 11.9. The van der Waals surface area contributed by atoms with E-state index in [-0.39, 0.29) is 5.91 Å². The van der Waals surface area contributed by atoms with Gasteiger partial charge in [0.2, 0.25) is 5.91 Å². The summed E-state index contributed by atoms with van der Waals surface area (Å²) in [5.74, 6) is 1.13. The van der Waals surface area contributed by atoms with Crippen molar-refractivity contribution in [2.24, 2.45) is 5.92 Å². The number of rotatable bonds is 3. The number of amides is 1. The first-order valence-electron chi connectivity index (χ1n) is 6.68. The third-order valence-electron chi connectivity index (χ3n) is 3.58. The van der Waals surface area contributed by atoms with Gasteiger partial charge in [-0.15, -0.1) is 0 Å². The highest BCUT2D eigenvalue weighted by Crippen LogP contribution is 2.26. The van der Waals surface area contributed by atoms with E-state index in [1.165, 1.54) is 32.1 Å². The molecule has 4 heteroatoms. The second-order valence-corrected chi connectivity index (χ2v) is 5.13. The number of nitrogen functional groups attached to an aromatic ring is 1. The lowest BCUT2D eigenvalue weighted by Crippen LogP contribution is -2.19. The predicted octanol–water partition coefficient (Wildman–Crippen LogP) is 2.88. The maximum Gasteiger partial charge on any atom is 0.224 e. The highest BCUT2D eigenvalue weighted by molar-refractivity contribution is 5.91. The largest absolute Gasteiger partial charge is 0.384 e. The van der Waals surface area contributed by atoms with Crippen LogP contribution >= 0.6 is 0 Å². The number of nitrogens with one attached hydrogen (secondary N) is 1. The average Bonchev–Trinajstić information content (AvgIpc) is 2.34. The van der Waals surface area contributed by atoms with Gasteiger partial charge in [0.1, 0.15) is 5.82 Å². The molecule has 1 aromatic rings. The number of hydrogen-bond acceptors (Lipinski definition) is 3. The van der Waals surface area contributed by atoms with Gasteiger partial charge < -0.3 is 11.1 Å². The first-order valence-corrected chi connectivity index (χ1v) is 6.68. The number of pyridine rings is 1. The minimum atomic E-state index is 0.0940. The van der Waals surface area contributed by atoms with E-state index in [0.717, 1.165) is 11.4 Å². The number of carbonyl (C=O) groups excluding carboxylic acids is 1. The van der Waals surface area contributed by atoms with Crippen molar-refractivity contribution in [3.63, 3.8) is 0 Å². The minimum absolute atomic E-state index is 0.0940. The fourth-order valence-electron chi connectivity index (χ4n) is 2.57. The van der Waals surface area contributed by atoms with E-state index in [0.29, 0.717) is 18.2 Å². The number of anilines is 2. The van der Waals surface area contributed by atoms with Crippen LogP contribution < -0.4 is 11.1 Å². The normalized spacial score (nSPS) is 16.5. The molecule has 0 bridgehead atoms. The summed E-state index contributed by atoms with van der Waals surface area (Å²) >= 11 is 0. The summed E-state index contributed by atoms with van der Waals surface area (Å²) < 4.78 is 0. The summed E-state index contributed by atoms with van der Waals surface area (Å²) in [5, 5.41) is 2.93. The fourth-order valence-corrected chi connectivity index (χ4v) is 2.57. The molecule has 0 unspecified atom stereocenters. The molecule has 18 heavy (non-hydrogen) atoms. The average molecular weight is 247 g/mol. The van der Waals surface area contributed by atoms with Gasteiger partial charge >= 0.3 is 0 Å². The van der Waals surface area contributed by atoms with Gasteiger partial charge in [-0.25, -0.2) is 4.98 Å². The highest BCUT2D eigenvalue weighted by Gasteiger charge is 2.17. The summed E-state index contributed by atoms with van der Waals surface area (Å²) in [5.41, 5.74) is 7.12. The van der Waals surface area contributed by atoms with E-state index in [4.69, 9.17) is 5.73 Å². The molecule has 0 radical (unpaired) electrons. The van der Waals surface area contributed by atoms with E-state index in [9.17, 15) is 4.79 Å². The molecule has 1 aliphatic carbocycles. The molecule has 0 aromatic carbocycles. The Morgan fingerprint density at radius 2 is 2.11 bits per heavy atom. The predicted molar refractivity (Wildman–Crippen MR) is 73.2 cm³/mol. The van der Waals surface area contributed by atoms with Crippen molar-refractivity contribution in [2.45, 2.75) is 45.4 Å². The number of aryl methyl sites for hydroxylation is 1. The first-order chi connectivity index (χ1) is 8.65. The van der Waals surface area contributed by atoms with Crippen LogP contribution in [0.1, 0.15) is 44.2 Å². The SMILES string of the molecule is Cc1nc(N)ccc1NC(=O)CC1CCCCC1. The Balaban J connectivity index is 1.90. The Labute approximate surface area is 108 Å². The topological polar surface area (TPSA) is 68.0 Å². The number of carbonyl (C=O) groups is 1. The quantitative estimate of drug-likeness (QED) is 0.863. The molecule has 0 aliphatic heterocycles. The lowest BCUT2D eigenvalue weighted by molar-refractivity contribution is -0.117. The summed E-state index contributed by atoms with van der Waals surface area (Å²) in [6.45, 7) is 1.85. The molecule has 3 N–H and O–H groups in total. The summed E-state index contributed by atoms with van der Waals surface area (Å²) in [7, 11) is 0. The Morgan fingerprint density at radius 1 is 1.39 bits per heavy atom. The molecule has 1 aromatic heterocycles. The van der Waals surface area contributed by atoms with Gasteiger partial charge in [0.05, 0.1) is 11.4 Å². The Hall–Kier alpha value is -1.58. The Kier molecular flexibility index (Phi) is 4.18. The van der Waals surface area contributed by atoms with Crippen LogP contribution in [0.3, 0.4) is 0 Å². The van der Waals surface area contributed by atoms with Gasteiger partial charge in [0, 0.05) is 6.42 Å². The van der Waals surface area contributed by atoms with Gasteiger partial charge in [0.25, 0.3) is 0 Å². The molecule has 2 rings (SSSR count). The standard InChI is InChI=1S/C14H21N3O/c1-10-12(7-8-13(15)16-10)17-14(18)9-11-5-3-2-4-6-11/h7-8,11H,2-6,9H2,1H3,(H2,15,16)(H,17,18). The van der Waals surface area contributed by atoms with Crippen molar-refractivity contribution < 1.29 is 4.79 Å². The maximum absolute atomic E-state index is 11.9. The van der Waals surface area contributed by atoms with E-state index in [2.05, 4.69) is 10.3 Å². The van der Waals surface area contributed by atoms with Gasteiger partial charge in [-0.1, -0.05) is 19.3 Å². The monoisotopic (exact) mass is 247 g/mol. The zero-order valence-corrected chi connectivity index (χ0v) is 10.9. The van der Waals surface area contributed by atoms with E-state index in [1.807, 2.05) is 13.0 Å². The number of nitrogens with zero attached hydrogens (tertiary/aromatic N) is 1. The summed E-state index contributed by atoms with van der Waals surface area (Å²) in [4.78, 5) is 16.1. The van der Waals surface area contributed by atoms with Crippen LogP contribution in [0.5, 0.6) is 0 Å². The van der Waals surface area contributed by atoms with Crippen LogP contribution in [0, 0.1) is 12.8 Å².